The van der Waals surface area contributed by atoms with Crippen LogP contribution in [0.5, 0.6) is 11.5 Å². The molecule has 0 amide bonds. The average molecular weight is 320 g/mol. The highest BCUT2D eigenvalue weighted by Gasteiger charge is 2.20. The SMILES string of the molecule is O=S(=O)(Cl)Cc1c(Br)cc(O)c(O)c1F. The van der Waals surface area contributed by atoms with Crippen molar-refractivity contribution in [2.24, 2.45) is 0 Å². The Hall–Kier alpha value is -0.530. The minimum Gasteiger partial charge on any atom is -0.504 e. The van der Waals surface area contributed by atoms with Crippen molar-refractivity contribution in [2.45, 2.75) is 5.75 Å². The van der Waals surface area contributed by atoms with Crippen molar-refractivity contribution >= 4 is 35.7 Å². The first kappa shape index (κ1) is 12.5. The van der Waals surface area contributed by atoms with E-state index in [0.29, 0.717) is 0 Å². The molecule has 0 aliphatic rings. The van der Waals surface area contributed by atoms with Gasteiger partial charge in [-0.2, -0.15) is 0 Å². The summed E-state index contributed by atoms with van der Waals surface area (Å²) in [6.45, 7) is 0. The zero-order valence-electron chi connectivity index (χ0n) is 7.04. The molecule has 84 valence electrons. The summed E-state index contributed by atoms with van der Waals surface area (Å²) >= 11 is 2.85. The lowest BCUT2D eigenvalue weighted by Gasteiger charge is -2.07. The van der Waals surface area contributed by atoms with Crippen LogP contribution in [0.15, 0.2) is 10.5 Å². The first-order valence-electron chi connectivity index (χ1n) is 3.53. The van der Waals surface area contributed by atoms with Crippen molar-refractivity contribution in [1.82, 2.24) is 0 Å². The zero-order valence-corrected chi connectivity index (χ0v) is 10.2. The molecule has 1 aromatic rings. The van der Waals surface area contributed by atoms with Crippen LogP contribution >= 0.6 is 26.6 Å². The van der Waals surface area contributed by atoms with Crippen molar-refractivity contribution in [3.63, 3.8) is 0 Å². The summed E-state index contributed by atoms with van der Waals surface area (Å²) in [6, 6.07) is 0.982. The summed E-state index contributed by atoms with van der Waals surface area (Å²) in [4.78, 5) is 0. The Labute approximate surface area is 97.9 Å². The lowest BCUT2D eigenvalue weighted by Crippen LogP contribution is -2.00. The summed E-state index contributed by atoms with van der Waals surface area (Å²) in [6.07, 6.45) is 0. The van der Waals surface area contributed by atoms with E-state index in [1.54, 1.807) is 0 Å². The summed E-state index contributed by atoms with van der Waals surface area (Å²) in [5.74, 6) is -3.69. The minimum absolute atomic E-state index is 0.0134. The van der Waals surface area contributed by atoms with Gasteiger partial charge in [-0.25, -0.2) is 12.8 Å². The van der Waals surface area contributed by atoms with Crippen LogP contribution in [-0.4, -0.2) is 18.6 Å². The lowest BCUT2D eigenvalue weighted by molar-refractivity contribution is 0.376. The molecule has 0 fully saturated rings. The number of rotatable bonds is 2. The molecule has 0 unspecified atom stereocenters. The van der Waals surface area contributed by atoms with Crippen molar-refractivity contribution in [1.29, 1.82) is 0 Å². The molecule has 0 saturated heterocycles. The fourth-order valence-electron chi connectivity index (χ4n) is 0.940. The lowest BCUT2D eigenvalue weighted by atomic mass is 10.2. The van der Waals surface area contributed by atoms with Gasteiger partial charge >= 0.3 is 0 Å². The second-order valence-electron chi connectivity index (χ2n) is 2.70. The maximum atomic E-state index is 13.3. The van der Waals surface area contributed by atoms with E-state index in [0.717, 1.165) is 6.07 Å². The monoisotopic (exact) mass is 318 g/mol. The molecule has 8 heteroatoms. The summed E-state index contributed by atoms with van der Waals surface area (Å²) in [7, 11) is 1.00. The van der Waals surface area contributed by atoms with Crippen molar-refractivity contribution < 1.29 is 23.0 Å². The average Bonchev–Trinajstić information content (AvgIpc) is 2.07. The minimum atomic E-state index is -3.94. The van der Waals surface area contributed by atoms with Crippen LogP contribution in [0.2, 0.25) is 0 Å². The Bertz CT molecular complexity index is 502. The molecule has 1 rings (SSSR count). The normalized spacial score (nSPS) is 11.7. The van der Waals surface area contributed by atoms with E-state index in [-0.39, 0.29) is 10.0 Å². The van der Waals surface area contributed by atoms with E-state index >= 15 is 0 Å². The molecule has 15 heavy (non-hydrogen) atoms. The Morgan fingerprint density at radius 3 is 2.47 bits per heavy atom. The van der Waals surface area contributed by atoms with Crippen LogP contribution in [0.4, 0.5) is 4.39 Å². The molecule has 0 spiro atoms. The van der Waals surface area contributed by atoms with E-state index in [1.165, 1.54) is 0 Å². The summed E-state index contributed by atoms with van der Waals surface area (Å²) in [5.41, 5.74) is -0.333. The molecule has 1 aromatic carbocycles. The van der Waals surface area contributed by atoms with Crippen LogP contribution < -0.4 is 0 Å². The van der Waals surface area contributed by atoms with Gasteiger partial charge in [-0.1, -0.05) is 15.9 Å². The Morgan fingerprint density at radius 1 is 1.47 bits per heavy atom. The highest BCUT2D eigenvalue weighted by Crippen LogP contribution is 2.36. The topological polar surface area (TPSA) is 74.6 Å². The van der Waals surface area contributed by atoms with E-state index in [4.69, 9.17) is 20.9 Å². The van der Waals surface area contributed by atoms with Crippen molar-refractivity contribution in [3.05, 3.63) is 21.9 Å². The first-order chi connectivity index (χ1) is 6.72. The predicted molar refractivity (Wildman–Crippen MR) is 55.9 cm³/mol. The standard InChI is InChI=1S/C7H5BrClFO4S/c8-4-1-5(11)7(12)6(10)3(4)2-15(9,13)14/h1,11-12H,2H2. The molecule has 0 heterocycles. The first-order valence-corrected chi connectivity index (χ1v) is 6.80. The molecule has 0 atom stereocenters. The van der Waals surface area contributed by atoms with Gasteiger partial charge in [0.05, 0.1) is 5.75 Å². The van der Waals surface area contributed by atoms with Gasteiger partial charge in [0.1, 0.15) is 0 Å². The van der Waals surface area contributed by atoms with Gasteiger partial charge in [-0.3, -0.25) is 0 Å². The Morgan fingerprint density at radius 2 is 2.00 bits per heavy atom. The molecule has 0 aliphatic heterocycles. The van der Waals surface area contributed by atoms with Gasteiger partial charge in [0.25, 0.3) is 0 Å². The molecule has 0 saturated carbocycles. The fourth-order valence-corrected chi connectivity index (χ4v) is 2.61. The number of benzene rings is 1. The maximum absolute atomic E-state index is 13.3. The Kier molecular flexibility index (Phi) is 3.47. The molecule has 0 radical (unpaired) electrons. The second-order valence-corrected chi connectivity index (χ2v) is 6.33. The molecule has 0 aliphatic carbocycles. The van der Waals surface area contributed by atoms with Gasteiger partial charge in [0.15, 0.2) is 17.3 Å². The van der Waals surface area contributed by atoms with Crippen LogP contribution in [-0.2, 0) is 14.8 Å². The van der Waals surface area contributed by atoms with Crippen molar-refractivity contribution in [2.75, 3.05) is 0 Å². The molecular weight excluding hydrogens is 314 g/mol. The van der Waals surface area contributed by atoms with E-state index in [2.05, 4.69) is 15.9 Å². The molecule has 4 nitrogen and oxygen atoms in total. The summed E-state index contributed by atoms with van der Waals surface area (Å²) in [5, 5.41) is 18.0. The highest BCUT2D eigenvalue weighted by molar-refractivity contribution is 9.10. The fraction of sp³-hybridized carbons (Fsp3) is 0.143. The van der Waals surface area contributed by atoms with Crippen LogP contribution in [0.3, 0.4) is 0 Å². The number of halogens is 3. The molecule has 0 aromatic heterocycles. The number of aromatic hydroxyl groups is 2. The quantitative estimate of drug-likeness (QED) is 0.646. The Balaban J connectivity index is 3.37. The third-order valence-corrected chi connectivity index (χ3v) is 3.25. The van der Waals surface area contributed by atoms with E-state index in [9.17, 15) is 12.8 Å². The number of hydrogen-bond acceptors (Lipinski definition) is 4. The highest BCUT2D eigenvalue weighted by atomic mass is 79.9. The largest absolute Gasteiger partial charge is 0.504 e. The van der Waals surface area contributed by atoms with Crippen molar-refractivity contribution in [3.8, 4) is 11.5 Å². The smallest absolute Gasteiger partial charge is 0.236 e. The third kappa shape index (κ3) is 2.96. The molecule has 0 bridgehead atoms. The van der Waals surface area contributed by atoms with Crippen LogP contribution in [0, 0.1) is 5.82 Å². The molecule has 2 N–H and O–H groups in total. The number of hydrogen-bond donors (Lipinski definition) is 2. The maximum Gasteiger partial charge on any atom is 0.236 e. The van der Waals surface area contributed by atoms with Gasteiger partial charge in [0, 0.05) is 20.7 Å². The van der Waals surface area contributed by atoms with E-state index in [1.807, 2.05) is 0 Å². The van der Waals surface area contributed by atoms with Crippen LogP contribution in [0.25, 0.3) is 0 Å². The summed E-state index contributed by atoms with van der Waals surface area (Å²) < 4.78 is 34.8. The van der Waals surface area contributed by atoms with E-state index < -0.39 is 32.1 Å². The predicted octanol–water partition coefficient (Wildman–Crippen LogP) is 2.07. The third-order valence-electron chi connectivity index (χ3n) is 1.58. The second kappa shape index (κ2) is 4.15. The van der Waals surface area contributed by atoms with Gasteiger partial charge < -0.3 is 10.2 Å². The van der Waals surface area contributed by atoms with Gasteiger partial charge in [-0.05, 0) is 6.07 Å². The number of phenolic OH excluding ortho intramolecular Hbond substituents is 2. The number of phenols is 2. The zero-order chi connectivity index (χ0) is 11.8. The van der Waals surface area contributed by atoms with Gasteiger partial charge in [0.2, 0.25) is 9.05 Å². The van der Waals surface area contributed by atoms with Gasteiger partial charge in [-0.15, -0.1) is 0 Å². The van der Waals surface area contributed by atoms with Crippen LogP contribution in [0.1, 0.15) is 5.56 Å². The molecular formula is C7H5BrClFO4S.